The van der Waals surface area contributed by atoms with Gasteiger partial charge in [-0.15, -0.1) is 0 Å². The van der Waals surface area contributed by atoms with Gasteiger partial charge in [0.2, 0.25) is 5.91 Å². The average molecular weight is 210 g/mol. The molecule has 15 heavy (non-hydrogen) atoms. The third-order valence-corrected chi connectivity index (χ3v) is 1.96. The standard InChI is InChI=1S/C10H14N2O3/c1-7(2)12(5-9(11)14)10-4-3-8(6-13)15-10/h3-4,6-7H,5H2,1-2H3,(H2,11,14). The van der Waals surface area contributed by atoms with Gasteiger partial charge in [0, 0.05) is 12.1 Å². The Hall–Kier alpha value is -1.78. The van der Waals surface area contributed by atoms with E-state index >= 15 is 0 Å². The summed E-state index contributed by atoms with van der Waals surface area (Å²) >= 11 is 0. The molecule has 1 amide bonds. The van der Waals surface area contributed by atoms with E-state index in [0.29, 0.717) is 12.2 Å². The van der Waals surface area contributed by atoms with E-state index in [4.69, 9.17) is 10.2 Å². The summed E-state index contributed by atoms with van der Waals surface area (Å²) in [5.41, 5.74) is 5.12. The number of amides is 1. The molecule has 0 saturated carbocycles. The number of furan rings is 1. The third kappa shape index (κ3) is 2.83. The normalized spacial score (nSPS) is 10.3. The third-order valence-electron chi connectivity index (χ3n) is 1.96. The number of anilines is 1. The van der Waals surface area contributed by atoms with Crippen LogP contribution in [0.1, 0.15) is 24.4 Å². The molecule has 0 aliphatic carbocycles. The zero-order valence-electron chi connectivity index (χ0n) is 8.77. The van der Waals surface area contributed by atoms with Gasteiger partial charge in [-0.2, -0.15) is 0 Å². The molecule has 5 nitrogen and oxygen atoms in total. The van der Waals surface area contributed by atoms with Crippen molar-refractivity contribution in [1.82, 2.24) is 0 Å². The Morgan fingerprint density at radius 1 is 1.60 bits per heavy atom. The minimum Gasteiger partial charge on any atom is -0.438 e. The molecule has 1 aromatic heterocycles. The van der Waals surface area contributed by atoms with Crippen molar-refractivity contribution >= 4 is 18.1 Å². The van der Waals surface area contributed by atoms with Gasteiger partial charge in [-0.05, 0) is 19.9 Å². The summed E-state index contributed by atoms with van der Waals surface area (Å²) in [7, 11) is 0. The fourth-order valence-corrected chi connectivity index (χ4v) is 1.24. The molecule has 0 saturated heterocycles. The Morgan fingerprint density at radius 3 is 2.67 bits per heavy atom. The smallest absolute Gasteiger partial charge is 0.237 e. The van der Waals surface area contributed by atoms with Crippen molar-refractivity contribution in [3.63, 3.8) is 0 Å². The van der Waals surface area contributed by atoms with Gasteiger partial charge in [-0.3, -0.25) is 9.59 Å². The van der Waals surface area contributed by atoms with Crippen LogP contribution in [0.3, 0.4) is 0 Å². The van der Waals surface area contributed by atoms with E-state index < -0.39 is 5.91 Å². The number of carbonyl (C=O) groups is 2. The minimum absolute atomic E-state index is 0.0724. The van der Waals surface area contributed by atoms with Crippen LogP contribution in [0.5, 0.6) is 0 Å². The predicted octanol–water partition coefficient (Wildman–Crippen LogP) is 0.792. The lowest BCUT2D eigenvalue weighted by Crippen LogP contribution is -2.38. The minimum atomic E-state index is -0.437. The van der Waals surface area contributed by atoms with E-state index in [1.165, 1.54) is 0 Å². The molecule has 0 bridgehead atoms. The van der Waals surface area contributed by atoms with Crippen LogP contribution in [0.2, 0.25) is 0 Å². The lowest BCUT2D eigenvalue weighted by molar-refractivity contribution is -0.116. The number of hydrogen-bond donors (Lipinski definition) is 1. The molecule has 0 atom stereocenters. The number of carbonyl (C=O) groups excluding carboxylic acids is 2. The summed E-state index contributed by atoms with van der Waals surface area (Å²) in [5, 5.41) is 0. The molecule has 1 aromatic rings. The maximum Gasteiger partial charge on any atom is 0.237 e. The molecule has 0 spiro atoms. The Bertz CT molecular complexity index is 357. The highest BCUT2D eigenvalue weighted by Gasteiger charge is 2.16. The molecule has 0 aromatic carbocycles. The molecule has 2 N–H and O–H groups in total. The topological polar surface area (TPSA) is 76.5 Å². The Morgan fingerprint density at radius 2 is 2.27 bits per heavy atom. The molecule has 0 fully saturated rings. The number of hydrogen-bond acceptors (Lipinski definition) is 4. The number of rotatable bonds is 5. The number of nitrogens with two attached hydrogens (primary N) is 1. The first-order chi connectivity index (χ1) is 7.04. The number of aldehydes is 1. The summed E-state index contributed by atoms with van der Waals surface area (Å²) in [6.45, 7) is 3.89. The van der Waals surface area contributed by atoms with Crippen molar-refractivity contribution in [2.24, 2.45) is 5.73 Å². The average Bonchev–Trinajstić information content (AvgIpc) is 2.61. The molecular formula is C10H14N2O3. The molecule has 5 heteroatoms. The van der Waals surface area contributed by atoms with E-state index in [1.54, 1.807) is 17.0 Å². The summed E-state index contributed by atoms with van der Waals surface area (Å²) in [4.78, 5) is 23.0. The SMILES string of the molecule is CC(C)N(CC(N)=O)c1ccc(C=O)o1. The largest absolute Gasteiger partial charge is 0.438 e. The van der Waals surface area contributed by atoms with Crippen molar-refractivity contribution in [1.29, 1.82) is 0 Å². The highest BCUT2D eigenvalue weighted by atomic mass is 16.4. The second-order valence-electron chi connectivity index (χ2n) is 3.48. The van der Waals surface area contributed by atoms with E-state index in [2.05, 4.69) is 0 Å². The van der Waals surface area contributed by atoms with Crippen molar-refractivity contribution in [2.75, 3.05) is 11.4 Å². The van der Waals surface area contributed by atoms with Crippen molar-refractivity contribution in [3.8, 4) is 0 Å². The van der Waals surface area contributed by atoms with E-state index in [1.807, 2.05) is 13.8 Å². The van der Waals surface area contributed by atoms with Gasteiger partial charge >= 0.3 is 0 Å². The lowest BCUT2D eigenvalue weighted by atomic mass is 10.3. The number of nitrogens with zero attached hydrogens (tertiary/aromatic N) is 1. The Labute approximate surface area is 87.8 Å². The van der Waals surface area contributed by atoms with Gasteiger partial charge < -0.3 is 15.1 Å². The van der Waals surface area contributed by atoms with E-state index in [0.717, 1.165) is 0 Å². The monoisotopic (exact) mass is 210 g/mol. The van der Waals surface area contributed by atoms with Crippen LogP contribution in [-0.2, 0) is 4.79 Å². The van der Waals surface area contributed by atoms with Gasteiger partial charge in [-0.25, -0.2) is 0 Å². The Balaban J connectivity index is 2.88. The van der Waals surface area contributed by atoms with Gasteiger partial charge in [0.1, 0.15) is 0 Å². The first-order valence-corrected chi connectivity index (χ1v) is 4.64. The highest BCUT2D eigenvalue weighted by molar-refractivity contribution is 5.79. The zero-order valence-corrected chi connectivity index (χ0v) is 8.77. The van der Waals surface area contributed by atoms with E-state index in [-0.39, 0.29) is 18.3 Å². The maximum absolute atomic E-state index is 10.8. The van der Waals surface area contributed by atoms with Gasteiger partial charge in [-0.1, -0.05) is 0 Å². The fraction of sp³-hybridized carbons (Fsp3) is 0.400. The van der Waals surface area contributed by atoms with Crippen LogP contribution in [0, 0.1) is 0 Å². The van der Waals surface area contributed by atoms with Gasteiger partial charge in [0.05, 0.1) is 6.54 Å². The summed E-state index contributed by atoms with van der Waals surface area (Å²) in [5.74, 6) is 0.277. The molecular weight excluding hydrogens is 196 g/mol. The summed E-state index contributed by atoms with van der Waals surface area (Å²) in [6, 6.07) is 3.27. The zero-order chi connectivity index (χ0) is 11.4. The Kier molecular flexibility index (Phi) is 3.49. The maximum atomic E-state index is 10.8. The van der Waals surface area contributed by atoms with Crippen molar-refractivity contribution < 1.29 is 14.0 Å². The van der Waals surface area contributed by atoms with Crippen LogP contribution in [0.25, 0.3) is 0 Å². The van der Waals surface area contributed by atoms with Crippen LogP contribution in [-0.4, -0.2) is 24.8 Å². The molecule has 1 heterocycles. The first kappa shape index (κ1) is 11.3. The molecule has 0 radical (unpaired) electrons. The summed E-state index contributed by atoms with van der Waals surface area (Å²) in [6.07, 6.45) is 0.617. The van der Waals surface area contributed by atoms with Crippen LogP contribution in [0.15, 0.2) is 16.5 Å². The van der Waals surface area contributed by atoms with Crippen molar-refractivity contribution in [3.05, 3.63) is 17.9 Å². The highest BCUT2D eigenvalue weighted by Crippen LogP contribution is 2.19. The van der Waals surface area contributed by atoms with Crippen LogP contribution in [0.4, 0.5) is 5.88 Å². The molecule has 0 aliphatic rings. The quantitative estimate of drug-likeness (QED) is 0.729. The number of primary amides is 1. The molecule has 0 unspecified atom stereocenters. The molecule has 1 rings (SSSR count). The second-order valence-corrected chi connectivity index (χ2v) is 3.48. The lowest BCUT2D eigenvalue weighted by Gasteiger charge is -2.24. The van der Waals surface area contributed by atoms with Crippen LogP contribution < -0.4 is 10.6 Å². The molecule has 82 valence electrons. The summed E-state index contributed by atoms with van der Waals surface area (Å²) < 4.78 is 5.21. The van der Waals surface area contributed by atoms with E-state index in [9.17, 15) is 9.59 Å². The van der Waals surface area contributed by atoms with Crippen LogP contribution >= 0.6 is 0 Å². The van der Waals surface area contributed by atoms with Gasteiger partial charge in [0.15, 0.2) is 17.9 Å². The van der Waals surface area contributed by atoms with Gasteiger partial charge in [0.25, 0.3) is 0 Å². The predicted molar refractivity (Wildman–Crippen MR) is 55.8 cm³/mol. The fourth-order valence-electron chi connectivity index (χ4n) is 1.24. The first-order valence-electron chi connectivity index (χ1n) is 4.64. The van der Waals surface area contributed by atoms with Crippen molar-refractivity contribution in [2.45, 2.75) is 19.9 Å². The second kappa shape index (κ2) is 4.63. The molecule has 0 aliphatic heterocycles.